The number of ether oxygens (including phenoxy) is 2. The number of hydrogen-bond acceptors (Lipinski definition) is 10. The number of nitriles is 1. The molecule has 0 saturated carbocycles. The lowest BCUT2D eigenvalue weighted by Crippen LogP contribution is -2.23. The highest BCUT2D eigenvalue weighted by molar-refractivity contribution is 6.32. The van der Waals surface area contributed by atoms with Gasteiger partial charge in [-0.2, -0.15) is 5.26 Å². The number of rotatable bonds is 12. The summed E-state index contributed by atoms with van der Waals surface area (Å²) in [6.07, 6.45) is 9.96. The van der Waals surface area contributed by atoms with Gasteiger partial charge in [0.25, 0.3) is 0 Å². The zero-order valence-corrected chi connectivity index (χ0v) is 28.1. The second-order valence-electron chi connectivity index (χ2n) is 10.9. The molecule has 0 radical (unpaired) electrons. The lowest BCUT2D eigenvalue weighted by atomic mass is 10.1. The fourth-order valence-corrected chi connectivity index (χ4v) is 5.22. The summed E-state index contributed by atoms with van der Waals surface area (Å²) in [6.45, 7) is 3.58. The van der Waals surface area contributed by atoms with E-state index in [2.05, 4.69) is 38.6 Å². The van der Waals surface area contributed by atoms with Gasteiger partial charge in [-0.05, 0) is 69.8 Å². The van der Waals surface area contributed by atoms with Gasteiger partial charge in [-0.15, -0.1) is 0 Å². The van der Waals surface area contributed by atoms with Gasteiger partial charge in [0, 0.05) is 53.8 Å². The number of amides is 1. The maximum atomic E-state index is 12.9. The maximum Gasteiger partial charge on any atom is 0.328 e. The van der Waals surface area contributed by atoms with Crippen molar-refractivity contribution in [2.24, 2.45) is 0 Å². The number of likely N-dealkylation sites (N-methyl/N-ethyl adjacent to an activating group) is 1. The minimum Gasteiger partial charge on any atom is -0.492 e. The van der Waals surface area contributed by atoms with E-state index >= 15 is 0 Å². The van der Waals surface area contributed by atoms with Crippen molar-refractivity contribution in [3.8, 4) is 17.6 Å². The highest BCUT2D eigenvalue weighted by atomic mass is 35.5. The zero-order valence-electron chi connectivity index (χ0n) is 27.3. The number of hydrogen-bond donors (Lipinski definition) is 4. The number of likely N-dealkylation sites (tertiary alicyclic amines) is 1. The van der Waals surface area contributed by atoms with Crippen LogP contribution in [0, 0.1) is 11.3 Å². The topological polar surface area (TPSA) is 187 Å². The molecular formula is C36H35ClN6O7. The Kier molecular flexibility index (Phi) is 13.3. The minimum absolute atomic E-state index is 0.246. The standard InChI is InChI=1S/C32H31ClN6O3.C4H4O4/c1-3-41-30-17-27-25(16-28(30)38-31(40)12-10-24-8-6-14-39(24)2)32(21(18-34)19-36-27)37-22-9-11-29(26(33)15-22)42-20-23-7-4-5-13-35-23;5-3(6)1-2-4(7)8/h4-5,7,9-13,15-17,19,24H,3,6,8,14,20H2,1-2H3,(H,36,37)(H,38,40);1-2H,(H,5,6)(H,7,8)/b;2-1-. The zero-order chi connectivity index (χ0) is 36.0. The van der Waals surface area contributed by atoms with Gasteiger partial charge in [0.15, 0.2) is 0 Å². The van der Waals surface area contributed by atoms with E-state index in [1.807, 2.05) is 37.3 Å². The average Bonchev–Trinajstić information content (AvgIpc) is 3.51. The molecule has 1 aliphatic heterocycles. The van der Waals surface area contributed by atoms with Crippen LogP contribution in [-0.2, 0) is 21.0 Å². The van der Waals surface area contributed by atoms with Crippen molar-refractivity contribution in [1.29, 1.82) is 5.26 Å². The molecule has 1 fully saturated rings. The summed E-state index contributed by atoms with van der Waals surface area (Å²) in [6, 6.07) is 16.9. The van der Waals surface area contributed by atoms with E-state index in [0.29, 0.717) is 68.8 Å². The number of carboxylic acid groups (broad SMARTS) is 2. The normalized spacial score (nSPS) is 14.2. The van der Waals surface area contributed by atoms with Gasteiger partial charge in [0.1, 0.15) is 24.2 Å². The Balaban J connectivity index is 0.000000627. The molecule has 0 bridgehead atoms. The van der Waals surface area contributed by atoms with Crippen molar-refractivity contribution >= 4 is 57.4 Å². The second-order valence-corrected chi connectivity index (χ2v) is 11.3. The van der Waals surface area contributed by atoms with Crippen LogP contribution < -0.4 is 20.1 Å². The summed E-state index contributed by atoms with van der Waals surface area (Å²) in [5.74, 6) is -1.77. The van der Waals surface area contributed by atoms with Gasteiger partial charge < -0.3 is 30.3 Å². The van der Waals surface area contributed by atoms with Crippen molar-refractivity contribution in [3.05, 3.63) is 102 Å². The Morgan fingerprint density at radius 3 is 2.46 bits per heavy atom. The third-order valence-corrected chi connectivity index (χ3v) is 7.66. The predicted molar refractivity (Wildman–Crippen MR) is 189 cm³/mol. The van der Waals surface area contributed by atoms with Crippen LogP contribution in [0.3, 0.4) is 0 Å². The minimum atomic E-state index is -1.26. The third-order valence-electron chi connectivity index (χ3n) is 7.37. The molecule has 1 atom stereocenters. The summed E-state index contributed by atoms with van der Waals surface area (Å²) in [5.41, 5.74) is 3.38. The number of nitrogens with one attached hydrogen (secondary N) is 2. The highest BCUT2D eigenvalue weighted by Crippen LogP contribution is 2.37. The molecule has 14 heteroatoms. The fraction of sp³-hybridized carbons (Fsp3) is 0.222. The van der Waals surface area contributed by atoms with Crippen LogP contribution in [0.4, 0.5) is 17.1 Å². The quantitative estimate of drug-likeness (QED) is 0.123. The number of aliphatic carboxylic acids is 2. The smallest absolute Gasteiger partial charge is 0.328 e. The number of carbonyl (C=O) groups excluding carboxylic acids is 1. The van der Waals surface area contributed by atoms with Crippen LogP contribution in [0.2, 0.25) is 5.02 Å². The van der Waals surface area contributed by atoms with E-state index < -0.39 is 11.9 Å². The van der Waals surface area contributed by atoms with E-state index in [0.717, 1.165) is 25.1 Å². The summed E-state index contributed by atoms with van der Waals surface area (Å²) < 4.78 is 11.7. The number of anilines is 3. The molecule has 1 amide bonds. The van der Waals surface area contributed by atoms with Gasteiger partial charge in [-0.3, -0.25) is 19.7 Å². The number of nitrogens with zero attached hydrogens (tertiary/aromatic N) is 4. The van der Waals surface area contributed by atoms with Crippen molar-refractivity contribution in [2.45, 2.75) is 32.4 Å². The van der Waals surface area contributed by atoms with Crippen LogP contribution in [0.5, 0.6) is 11.5 Å². The van der Waals surface area contributed by atoms with Crippen LogP contribution >= 0.6 is 11.6 Å². The second kappa shape index (κ2) is 18.0. The number of halogens is 1. The number of carboxylic acids is 2. The van der Waals surface area contributed by atoms with Crippen molar-refractivity contribution in [1.82, 2.24) is 14.9 Å². The first-order valence-corrected chi connectivity index (χ1v) is 15.9. The molecule has 0 spiro atoms. The number of aromatic nitrogens is 2. The lowest BCUT2D eigenvalue weighted by molar-refractivity contribution is -0.134. The molecule has 1 unspecified atom stereocenters. The van der Waals surface area contributed by atoms with Crippen LogP contribution in [0.15, 0.2) is 85.2 Å². The number of carbonyl (C=O) groups is 3. The predicted octanol–water partition coefficient (Wildman–Crippen LogP) is 6.18. The maximum absolute atomic E-state index is 12.9. The summed E-state index contributed by atoms with van der Waals surface area (Å²) in [5, 5.41) is 32.8. The number of fused-ring (bicyclic) bond motifs is 1. The molecule has 3 heterocycles. The Bertz CT molecular complexity index is 1930. The van der Waals surface area contributed by atoms with E-state index in [1.54, 1.807) is 36.5 Å². The van der Waals surface area contributed by atoms with Crippen molar-refractivity contribution in [3.63, 3.8) is 0 Å². The van der Waals surface area contributed by atoms with Gasteiger partial charge in [-0.25, -0.2) is 9.59 Å². The molecule has 2 aromatic carbocycles. The summed E-state index contributed by atoms with van der Waals surface area (Å²) >= 11 is 6.54. The summed E-state index contributed by atoms with van der Waals surface area (Å²) in [7, 11) is 2.06. The largest absolute Gasteiger partial charge is 0.492 e. The number of benzene rings is 2. The SMILES string of the molecule is CCOc1cc2ncc(C#N)c(Nc3ccc(OCc4ccccn4)c(Cl)c3)c2cc1NC(=O)C=CC1CCCN1C.O=C(O)/C=C\C(=O)O. The highest BCUT2D eigenvalue weighted by Gasteiger charge is 2.19. The van der Waals surface area contributed by atoms with Gasteiger partial charge in [0.2, 0.25) is 5.91 Å². The fourth-order valence-electron chi connectivity index (χ4n) is 4.98. The Morgan fingerprint density at radius 1 is 1.06 bits per heavy atom. The molecule has 1 aliphatic rings. The molecule has 1 saturated heterocycles. The third kappa shape index (κ3) is 10.5. The van der Waals surface area contributed by atoms with E-state index in [1.165, 1.54) is 6.20 Å². The average molecular weight is 699 g/mol. The molecule has 258 valence electrons. The number of pyridine rings is 2. The van der Waals surface area contributed by atoms with Crippen LogP contribution in [0.1, 0.15) is 31.0 Å². The van der Waals surface area contributed by atoms with Gasteiger partial charge in [0.05, 0.1) is 39.8 Å². The van der Waals surface area contributed by atoms with Gasteiger partial charge >= 0.3 is 11.9 Å². The molecule has 4 aromatic rings. The molecule has 50 heavy (non-hydrogen) atoms. The summed E-state index contributed by atoms with van der Waals surface area (Å²) in [4.78, 5) is 43.0. The first-order chi connectivity index (χ1) is 24.1. The Hall–Kier alpha value is -5.97. The molecule has 5 rings (SSSR count). The van der Waals surface area contributed by atoms with Crippen molar-refractivity contribution < 1.29 is 34.1 Å². The van der Waals surface area contributed by atoms with E-state index in [-0.39, 0.29) is 18.6 Å². The first-order valence-electron chi connectivity index (χ1n) is 15.5. The van der Waals surface area contributed by atoms with E-state index in [9.17, 15) is 19.6 Å². The molecule has 4 N–H and O–H groups in total. The molecular weight excluding hydrogens is 664 g/mol. The lowest BCUT2D eigenvalue weighted by Gasteiger charge is -2.17. The van der Waals surface area contributed by atoms with Crippen LogP contribution in [0.25, 0.3) is 10.9 Å². The van der Waals surface area contributed by atoms with E-state index in [4.69, 9.17) is 31.3 Å². The Morgan fingerprint density at radius 2 is 1.84 bits per heavy atom. The molecule has 0 aliphatic carbocycles. The molecule has 2 aromatic heterocycles. The first kappa shape index (κ1) is 36.9. The van der Waals surface area contributed by atoms with Crippen molar-refractivity contribution in [2.75, 3.05) is 30.8 Å². The molecule has 13 nitrogen and oxygen atoms in total. The Labute approximate surface area is 293 Å². The van der Waals surface area contributed by atoms with Gasteiger partial charge in [-0.1, -0.05) is 23.7 Å². The monoisotopic (exact) mass is 698 g/mol. The van der Waals surface area contributed by atoms with Crippen LogP contribution in [-0.4, -0.2) is 69.2 Å².